The highest BCUT2D eigenvalue weighted by Gasteiger charge is 2.14. The minimum Gasteiger partial charge on any atom is -0.455 e. The number of carbonyl (C=O) groups is 1. The van der Waals surface area contributed by atoms with E-state index in [-0.39, 0.29) is 5.76 Å². The van der Waals surface area contributed by atoms with Gasteiger partial charge in [-0.25, -0.2) is 5.43 Å². The molecule has 0 aliphatic heterocycles. The molecule has 4 rings (SSSR count). The highest BCUT2D eigenvalue weighted by Crippen LogP contribution is 2.31. The number of amides is 1. The summed E-state index contributed by atoms with van der Waals surface area (Å²) in [7, 11) is 0. The molecule has 9 heteroatoms. The minimum atomic E-state index is -0.461. The molecule has 0 atom stereocenters. The van der Waals surface area contributed by atoms with Crippen LogP contribution >= 0.6 is 61.7 Å². The average molecular weight is 604 g/mol. The fourth-order valence-corrected chi connectivity index (χ4v) is 4.82. The maximum atomic E-state index is 12.3. The van der Waals surface area contributed by atoms with E-state index in [0.717, 1.165) is 13.4 Å². The Morgan fingerprint density at radius 3 is 2.72 bits per heavy atom. The predicted molar refractivity (Wildman–Crippen MR) is 126 cm³/mol. The van der Waals surface area contributed by atoms with Gasteiger partial charge in [-0.3, -0.25) is 4.79 Å². The topological polar surface area (TPSA) is 67.7 Å². The van der Waals surface area contributed by atoms with E-state index in [1.807, 2.05) is 12.1 Å². The van der Waals surface area contributed by atoms with E-state index in [1.165, 1.54) is 6.21 Å². The molecule has 0 bridgehead atoms. The van der Waals surface area contributed by atoms with E-state index in [1.54, 1.807) is 36.4 Å². The highest BCUT2D eigenvalue weighted by atomic mass is 127. The van der Waals surface area contributed by atoms with Crippen LogP contribution in [0.15, 0.2) is 66.9 Å². The van der Waals surface area contributed by atoms with Gasteiger partial charge in [0.15, 0.2) is 5.76 Å². The number of halogens is 4. The molecule has 2 aromatic carbocycles. The van der Waals surface area contributed by atoms with Crippen molar-refractivity contribution in [3.8, 4) is 11.3 Å². The second-order valence-corrected chi connectivity index (χ2v) is 8.86. The number of benzene rings is 2. The second-order valence-electron chi connectivity index (χ2n) is 5.94. The fourth-order valence-electron chi connectivity index (χ4n) is 2.65. The summed E-state index contributed by atoms with van der Waals surface area (Å²) in [5, 5.41) is 5.78. The molecule has 0 unspecified atom stereocenters. The van der Waals surface area contributed by atoms with Crippen LogP contribution in [0.2, 0.25) is 10.0 Å². The van der Waals surface area contributed by atoms with Crippen LogP contribution in [0.4, 0.5) is 0 Å². The zero-order valence-electron chi connectivity index (χ0n) is 14.4. The van der Waals surface area contributed by atoms with Gasteiger partial charge in [-0.15, -0.1) is 0 Å². The number of nitrogens with zero attached hydrogens (tertiary/aromatic N) is 1. The van der Waals surface area contributed by atoms with Gasteiger partial charge in [0.1, 0.15) is 17.1 Å². The zero-order chi connectivity index (χ0) is 20.5. The first kappa shape index (κ1) is 20.5. The van der Waals surface area contributed by atoms with Crippen LogP contribution in [-0.4, -0.2) is 12.1 Å². The SMILES string of the molecule is O=C(N/N=C/c1ccc(-c2ccc(Cl)cc2Cl)o1)c1cc2cc(Br)cc(I)c2o1. The molecule has 0 radical (unpaired) electrons. The standard InChI is InChI=1S/C20H10BrCl2IN2O3/c21-11-5-10-6-18(29-19(10)16(24)7-11)20(27)26-25-9-13-2-4-17(28-13)14-3-1-12(22)8-15(14)23/h1-9H,(H,26,27)/b25-9+. The molecule has 0 aliphatic carbocycles. The molecule has 0 fully saturated rings. The van der Waals surface area contributed by atoms with Gasteiger partial charge in [-0.05, 0) is 71.1 Å². The lowest BCUT2D eigenvalue weighted by molar-refractivity contribution is 0.0929. The Morgan fingerprint density at radius 2 is 1.93 bits per heavy atom. The smallest absolute Gasteiger partial charge is 0.307 e. The van der Waals surface area contributed by atoms with Gasteiger partial charge < -0.3 is 8.83 Å². The number of hydrazone groups is 1. The summed E-state index contributed by atoms with van der Waals surface area (Å²) in [5.41, 5.74) is 3.79. The predicted octanol–water partition coefficient (Wildman–Crippen LogP) is 7.13. The van der Waals surface area contributed by atoms with Crippen molar-refractivity contribution in [1.82, 2.24) is 5.43 Å². The second kappa shape index (κ2) is 8.51. The van der Waals surface area contributed by atoms with Gasteiger partial charge in [0, 0.05) is 20.4 Å². The van der Waals surface area contributed by atoms with Gasteiger partial charge in [-0.2, -0.15) is 5.10 Å². The lowest BCUT2D eigenvalue weighted by Gasteiger charge is -2.00. The van der Waals surface area contributed by atoms with Crippen LogP contribution in [0.1, 0.15) is 16.3 Å². The van der Waals surface area contributed by atoms with Crippen LogP contribution in [0, 0.1) is 3.57 Å². The molecule has 2 heterocycles. The molecule has 29 heavy (non-hydrogen) atoms. The van der Waals surface area contributed by atoms with Crippen molar-refractivity contribution >= 4 is 84.8 Å². The Bertz CT molecular complexity index is 1270. The molecule has 2 aromatic heterocycles. The van der Waals surface area contributed by atoms with E-state index in [4.69, 9.17) is 32.0 Å². The summed E-state index contributed by atoms with van der Waals surface area (Å²) in [4.78, 5) is 12.3. The quantitative estimate of drug-likeness (QED) is 0.153. The maximum absolute atomic E-state index is 12.3. The summed E-state index contributed by atoms with van der Waals surface area (Å²) in [6.07, 6.45) is 1.40. The molecule has 5 nitrogen and oxygen atoms in total. The fraction of sp³-hybridized carbons (Fsp3) is 0. The van der Waals surface area contributed by atoms with Crippen LogP contribution in [0.3, 0.4) is 0 Å². The Balaban J connectivity index is 1.47. The first-order valence-electron chi connectivity index (χ1n) is 8.18. The Kier molecular flexibility index (Phi) is 6.00. The summed E-state index contributed by atoms with van der Waals surface area (Å²) in [5.74, 6) is 0.726. The normalized spacial score (nSPS) is 11.4. The minimum absolute atomic E-state index is 0.168. The molecule has 0 saturated heterocycles. The lowest BCUT2D eigenvalue weighted by Crippen LogP contribution is -2.16. The number of furan rings is 2. The number of rotatable bonds is 4. The molecule has 1 amide bonds. The number of hydrogen-bond acceptors (Lipinski definition) is 4. The summed E-state index contributed by atoms with van der Waals surface area (Å²) in [6, 6.07) is 14.1. The van der Waals surface area contributed by atoms with Gasteiger partial charge in [0.05, 0.1) is 14.8 Å². The molecule has 0 aliphatic rings. The Hall–Kier alpha value is -1.81. The van der Waals surface area contributed by atoms with Gasteiger partial charge in [-0.1, -0.05) is 39.1 Å². The lowest BCUT2D eigenvalue weighted by atomic mass is 10.2. The zero-order valence-corrected chi connectivity index (χ0v) is 19.6. The first-order chi connectivity index (χ1) is 13.9. The van der Waals surface area contributed by atoms with Crippen molar-refractivity contribution < 1.29 is 13.6 Å². The highest BCUT2D eigenvalue weighted by molar-refractivity contribution is 14.1. The largest absolute Gasteiger partial charge is 0.455 e. The van der Waals surface area contributed by atoms with Crippen LogP contribution in [-0.2, 0) is 0 Å². The summed E-state index contributed by atoms with van der Waals surface area (Å²) in [6.45, 7) is 0. The molecule has 146 valence electrons. The third-order valence-corrected chi connectivity index (χ3v) is 5.75. The monoisotopic (exact) mass is 602 g/mol. The van der Waals surface area contributed by atoms with E-state index < -0.39 is 5.91 Å². The summed E-state index contributed by atoms with van der Waals surface area (Å²) >= 11 is 17.7. The number of fused-ring (bicyclic) bond motifs is 1. The van der Waals surface area contributed by atoms with Crippen LogP contribution < -0.4 is 5.43 Å². The Morgan fingerprint density at radius 1 is 1.10 bits per heavy atom. The van der Waals surface area contributed by atoms with Crippen molar-refractivity contribution in [2.75, 3.05) is 0 Å². The van der Waals surface area contributed by atoms with Gasteiger partial charge in [0.2, 0.25) is 0 Å². The van der Waals surface area contributed by atoms with Crippen molar-refractivity contribution in [2.45, 2.75) is 0 Å². The average Bonchev–Trinajstić information content (AvgIpc) is 3.29. The number of hydrogen-bond donors (Lipinski definition) is 1. The Labute approximate surface area is 197 Å². The van der Waals surface area contributed by atoms with Gasteiger partial charge in [0.25, 0.3) is 0 Å². The molecule has 0 saturated carbocycles. The van der Waals surface area contributed by atoms with E-state index in [9.17, 15) is 4.79 Å². The van der Waals surface area contributed by atoms with Crippen molar-refractivity contribution in [3.05, 3.63) is 78.1 Å². The van der Waals surface area contributed by atoms with Crippen molar-refractivity contribution in [3.63, 3.8) is 0 Å². The maximum Gasteiger partial charge on any atom is 0.307 e. The number of nitrogens with one attached hydrogen (secondary N) is 1. The molecular formula is C20H10BrCl2IN2O3. The molecule has 4 aromatic rings. The molecular weight excluding hydrogens is 594 g/mol. The molecule has 0 spiro atoms. The summed E-state index contributed by atoms with van der Waals surface area (Å²) < 4.78 is 13.2. The van der Waals surface area contributed by atoms with E-state index in [0.29, 0.717) is 32.7 Å². The van der Waals surface area contributed by atoms with Crippen molar-refractivity contribution in [2.24, 2.45) is 5.10 Å². The van der Waals surface area contributed by atoms with E-state index in [2.05, 4.69) is 49.0 Å². The third kappa shape index (κ3) is 4.53. The molecule has 1 N–H and O–H groups in total. The first-order valence-corrected chi connectivity index (χ1v) is 10.8. The third-order valence-electron chi connectivity index (χ3n) is 3.94. The number of carbonyl (C=O) groups excluding carboxylic acids is 1. The van der Waals surface area contributed by atoms with Gasteiger partial charge >= 0.3 is 5.91 Å². The van der Waals surface area contributed by atoms with E-state index >= 15 is 0 Å². The van der Waals surface area contributed by atoms with Crippen LogP contribution in [0.5, 0.6) is 0 Å². The van der Waals surface area contributed by atoms with Crippen LogP contribution in [0.25, 0.3) is 22.3 Å². The van der Waals surface area contributed by atoms with Crippen molar-refractivity contribution in [1.29, 1.82) is 0 Å².